The van der Waals surface area contributed by atoms with Crippen molar-refractivity contribution in [3.63, 3.8) is 0 Å². The van der Waals surface area contributed by atoms with E-state index in [0.29, 0.717) is 18.7 Å². The van der Waals surface area contributed by atoms with Gasteiger partial charge in [0.2, 0.25) is 17.7 Å². The van der Waals surface area contributed by atoms with Crippen LogP contribution in [0.5, 0.6) is 0 Å². The van der Waals surface area contributed by atoms with E-state index in [0.717, 1.165) is 25.7 Å². The molecule has 3 fully saturated rings. The van der Waals surface area contributed by atoms with Gasteiger partial charge in [-0.05, 0) is 65.0 Å². The van der Waals surface area contributed by atoms with Gasteiger partial charge in [0.25, 0.3) is 0 Å². The summed E-state index contributed by atoms with van der Waals surface area (Å²) in [5.74, 6) is -1.33. The van der Waals surface area contributed by atoms with Crippen molar-refractivity contribution < 1.29 is 19.5 Å². The van der Waals surface area contributed by atoms with E-state index in [-0.39, 0.29) is 35.1 Å². The molecule has 4 rings (SSSR count). The van der Waals surface area contributed by atoms with Gasteiger partial charge in [-0.1, -0.05) is 18.2 Å². The predicted molar refractivity (Wildman–Crippen MR) is 130 cm³/mol. The number of likely N-dealkylation sites (tertiary alicyclic amines) is 1. The van der Waals surface area contributed by atoms with Gasteiger partial charge in [0.1, 0.15) is 6.04 Å². The summed E-state index contributed by atoms with van der Waals surface area (Å²) < 4.78 is -0.959. The van der Waals surface area contributed by atoms with Gasteiger partial charge in [-0.15, -0.1) is 11.8 Å². The van der Waals surface area contributed by atoms with Crippen LogP contribution in [0.1, 0.15) is 52.9 Å². The molecule has 180 valence electrons. The molecule has 3 heterocycles. The minimum absolute atomic E-state index is 0.0318. The zero-order chi connectivity index (χ0) is 23.8. The molecule has 1 aromatic rings. The molecule has 0 aromatic heterocycles. The third kappa shape index (κ3) is 4.16. The van der Waals surface area contributed by atoms with Crippen LogP contribution in [0.2, 0.25) is 0 Å². The van der Waals surface area contributed by atoms with Crippen LogP contribution in [0.15, 0.2) is 30.3 Å². The molecule has 3 aliphatic rings. The van der Waals surface area contributed by atoms with Gasteiger partial charge in [0.15, 0.2) is 0 Å². The first-order valence-electron chi connectivity index (χ1n) is 12.0. The monoisotopic (exact) mass is 473 g/mol. The Labute approximate surface area is 200 Å². The first kappa shape index (κ1) is 24.1. The molecule has 3 amide bonds. The fraction of sp³-hybridized carbons (Fsp3) is 0.640. The van der Waals surface area contributed by atoms with Crippen molar-refractivity contribution in [3.05, 3.63) is 30.3 Å². The summed E-state index contributed by atoms with van der Waals surface area (Å²) in [7, 11) is 0. The first-order chi connectivity index (χ1) is 15.7. The van der Waals surface area contributed by atoms with E-state index in [2.05, 4.69) is 17.6 Å². The number of hydrogen-bond donors (Lipinski definition) is 3. The van der Waals surface area contributed by atoms with Crippen molar-refractivity contribution in [1.29, 1.82) is 0 Å². The van der Waals surface area contributed by atoms with Gasteiger partial charge >= 0.3 is 0 Å². The topological polar surface area (TPSA) is 98.7 Å². The van der Waals surface area contributed by atoms with Gasteiger partial charge in [0, 0.05) is 29.6 Å². The number of nitrogens with zero attached hydrogens (tertiary/aromatic N) is 1. The molecule has 8 heteroatoms. The molecule has 0 radical (unpaired) electrons. The minimum atomic E-state index is -0.583. The second-order valence-corrected chi connectivity index (χ2v) is 12.0. The number of rotatable bonds is 9. The Hall–Kier alpha value is -2.06. The number of carbonyl (C=O) groups is 3. The predicted octanol–water partition coefficient (Wildman–Crippen LogP) is 2.79. The second kappa shape index (κ2) is 9.29. The van der Waals surface area contributed by atoms with Crippen LogP contribution in [0.25, 0.3) is 0 Å². The molecular weight excluding hydrogens is 438 g/mol. The molecule has 1 aromatic carbocycles. The van der Waals surface area contributed by atoms with Crippen LogP contribution in [0, 0.1) is 11.8 Å². The van der Waals surface area contributed by atoms with Crippen molar-refractivity contribution in [2.75, 3.05) is 18.5 Å². The number of amides is 3. The van der Waals surface area contributed by atoms with E-state index < -0.39 is 22.6 Å². The van der Waals surface area contributed by atoms with Crippen molar-refractivity contribution in [2.24, 2.45) is 11.8 Å². The van der Waals surface area contributed by atoms with Crippen LogP contribution >= 0.6 is 11.8 Å². The maximum absolute atomic E-state index is 13.8. The fourth-order valence-corrected chi connectivity index (χ4v) is 8.40. The van der Waals surface area contributed by atoms with Crippen molar-refractivity contribution in [1.82, 2.24) is 10.2 Å². The molecule has 3 saturated heterocycles. The summed E-state index contributed by atoms with van der Waals surface area (Å²) in [5, 5.41) is 15.2. The van der Waals surface area contributed by atoms with Crippen LogP contribution < -0.4 is 10.6 Å². The third-order valence-electron chi connectivity index (χ3n) is 7.34. The molecule has 3 aliphatic heterocycles. The summed E-state index contributed by atoms with van der Waals surface area (Å²) in [4.78, 5) is 42.6. The number of aliphatic hydroxyl groups excluding tert-OH is 1. The van der Waals surface area contributed by atoms with Crippen molar-refractivity contribution in [3.8, 4) is 0 Å². The van der Waals surface area contributed by atoms with E-state index in [1.54, 1.807) is 16.7 Å². The SMILES string of the molecule is CC(C)NC(=O)C1N(CCCCCO)C(=O)[C@@H]2[C@H](C(=O)Nc3ccccc3)[C@]3(C)CCC12S3. The fourth-order valence-electron chi connectivity index (χ4n) is 6.04. The molecule has 2 unspecified atom stereocenters. The highest BCUT2D eigenvalue weighted by molar-refractivity contribution is 8.02. The average Bonchev–Trinajstić information content (AvgIpc) is 3.32. The lowest BCUT2D eigenvalue weighted by Gasteiger charge is -2.35. The summed E-state index contributed by atoms with van der Waals surface area (Å²) in [6.45, 7) is 6.51. The number of anilines is 1. The van der Waals surface area contributed by atoms with E-state index in [1.807, 2.05) is 44.2 Å². The molecule has 3 N–H and O–H groups in total. The Balaban J connectivity index is 1.65. The van der Waals surface area contributed by atoms with Gasteiger partial charge in [-0.3, -0.25) is 14.4 Å². The second-order valence-electron chi connectivity index (χ2n) is 10.1. The lowest BCUT2D eigenvalue weighted by Crippen LogP contribution is -2.54. The molecule has 7 nitrogen and oxygen atoms in total. The molecule has 5 atom stereocenters. The van der Waals surface area contributed by atoms with E-state index in [4.69, 9.17) is 5.11 Å². The number of hydrogen-bond acceptors (Lipinski definition) is 5. The third-order valence-corrected chi connectivity index (χ3v) is 9.32. The maximum atomic E-state index is 13.8. The van der Waals surface area contributed by atoms with Crippen LogP contribution in [0.4, 0.5) is 5.69 Å². The number of benzene rings is 1. The summed E-state index contributed by atoms with van der Waals surface area (Å²) in [6.07, 6.45) is 3.75. The molecule has 1 spiro atoms. The number of nitrogens with one attached hydrogen (secondary N) is 2. The average molecular weight is 474 g/mol. The highest BCUT2D eigenvalue weighted by Gasteiger charge is 2.77. The Morgan fingerprint density at radius 1 is 1.15 bits per heavy atom. The summed E-state index contributed by atoms with van der Waals surface area (Å²) >= 11 is 1.69. The van der Waals surface area contributed by atoms with Gasteiger partial charge in [-0.25, -0.2) is 0 Å². The largest absolute Gasteiger partial charge is 0.396 e. The summed E-state index contributed by atoms with van der Waals surface area (Å²) in [5.41, 5.74) is 0.716. The van der Waals surface area contributed by atoms with Gasteiger partial charge in [0.05, 0.1) is 16.6 Å². The Morgan fingerprint density at radius 2 is 1.88 bits per heavy atom. The zero-order valence-corrected chi connectivity index (χ0v) is 20.5. The van der Waals surface area contributed by atoms with Crippen molar-refractivity contribution in [2.45, 2.75) is 74.5 Å². The Morgan fingerprint density at radius 3 is 2.55 bits per heavy atom. The van der Waals surface area contributed by atoms with E-state index in [9.17, 15) is 14.4 Å². The smallest absolute Gasteiger partial charge is 0.244 e. The molecule has 33 heavy (non-hydrogen) atoms. The molecule has 2 bridgehead atoms. The number of unbranched alkanes of at least 4 members (excludes halogenated alkanes) is 2. The normalized spacial score (nSPS) is 32.3. The molecular formula is C25H35N3O4S. The van der Waals surface area contributed by atoms with Crippen LogP contribution in [-0.4, -0.2) is 62.5 Å². The van der Waals surface area contributed by atoms with Gasteiger partial charge in [-0.2, -0.15) is 0 Å². The van der Waals surface area contributed by atoms with E-state index in [1.165, 1.54) is 0 Å². The number of para-hydroxylation sites is 1. The first-order valence-corrected chi connectivity index (χ1v) is 12.8. The highest BCUT2D eigenvalue weighted by Crippen LogP contribution is 2.71. The summed E-state index contributed by atoms with van der Waals surface area (Å²) in [6, 6.07) is 8.72. The maximum Gasteiger partial charge on any atom is 0.244 e. The van der Waals surface area contributed by atoms with Gasteiger partial charge < -0.3 is 20.6 Å². The van der Waals surface area contributed by atoms with Crippen LogP contribution in [-0.2, 0) is 14.4 Å². The van der Waals surface area contributed by atoms with E-state index >= 15 is 0 Å². The van der Waals surface area contributed by atoms with Crippen LogP contribution in [0.3, 0.4) is 0 Å². The quantitative estimate of drug-likeness (QED) is 0.479. The lowest BCUT2D eigenvalue weighted by molar-refractivity contribution is -0.139. The standard InChI is InChI=1S/C25H35N3O4S/c1-16(2)26-22(31)20-25-13-12-24(3,33-25)18(21(30)27-17-10-6-4-7-11-17)19(25)23(32)28(20)14-8-5-9-15-29/h4,6-7,10-11,16,18-20,29H,5,8-9,12-15H2,1-3H3,(H,26,31)(H,27,30)/t18-,19+,20?,24+,25?/m1/s1. The number of carbonyl (C=O) groups excluding carboxylic acids is 3. The Kier molecular flexibility index (Phi) is 6.78. The lowest BCUT2D eigenvalue weighted by atomic mass is 9.66. The highest BCUT2D eigenvalue weighted by atomic mass is 32.2. The van der Waals surface area contributed by atoms with Crippen molar-refractivity contribution >= 4 is 35.2 Å². The number of fused-ring (bicyclic) bond motifs is 1. The molecule has 0 saturated carbocycles. The molecule has 0 aliphatic carbocycles. The number of thioether (sulfide) groups is 1. The zero-order valence-electron chi connectivity index (χ0n) is 19.7. The minimum Gasteiger partial charge on any atom is -0.396 e. The Bertz CT molecular complexity index is 910. The number of aliphatic hydroxyl groups is 1.